The van der Waals surface area contributed by atoms with E-state index in [1.165, 1.54) is 0 Å². The zero-order chi connectivity index (χ0) is 18.8. The number of amides is 1. The van der Waals surface area contributed by atoms with Crippen molar-refractivity contribution in [1.29, 1.82) is 5.26 Å². The van der Waals surface area contributed by atoms with Gasteiger partial charge in [0.2, 0.25) is 5.91 Å². The number of carbonyl (C=O) groups excluding carboxylic acids is 1. The number of fused-ring (bicyclic) bond motifs is 1. The highest BCUT2D eigenvalue weighted by molar-refractivity contribution is 8.02. The van der Waals surface area contributed by atoms with Gasteiger partial charge in [0.15, 0.2) is 0 Å². The van der Waals surface area contributed by atoms with Crippen LogP contribution < -0.4 is 16.6 Å². The predicted molar refractivity (Wildman–Crippen MR) is 103 cm³/mol. The van der Waals surface area contributed by atoms with Crippen LogP contribution in [-0.4, -0.2) is 21.6 Å². The number of aromatic nitrogens is 2. The summed E-state index contributed by atoms with van der Waals surface area (Å²) in [5.41, 5.74) is 0.514. The van der Waals surface area contributed by atoms with Crippen LogP contribution in [0, 0.1) is 18.3 Å². The lowest BCUT2D eigenvalue weighted by Gasteiger charge is -2.09. The third kappa shape index (κ3) is 3.53. The second-order valence-corrected chi connectivity index (χ2v) is 7.91. The Hall–Kier alpha value is -2.54. The maximum Gasteiger partial charge on any atom is 0.326 e. The number of halogens is 1. The zero-order valence-electron chi connectivity index (χ0n) is 13.3. The number of H-pyrrole nitrogens is 2. The molecule has 0 saturated carbocycles. The number of hydrogen-bond acceptors (Lipinski definition) is 6. The minimum Gasteiger partial charge on any atom is -0.325 e. The van der Waals surface area contributed by atoms with Gasteiger partial charge in [0.1, 0.15) is 16.3 Å². The van der Waals surface area contributed by atoms with Gasteiger partial charge in [0, 0.05) is 10.7 Å². The van der Waals surface area contributed by atoms with Crippen LogP contribution in [0.15, 0.2) is 32.0 Å². The van der Waals surface area contributed by atoms with Gasteiger partial charge in [-0.05, 0) is 24.6 Å². The monoisotopic (exact) mass is 406 g/mol. The number of thioether (sulfide) groups is 1. The molecule has 0 radical (unpaired) electrons. The number of nitrogens with one attached hydrogen (secondary N) is 3. The minimum atomic E-state index is -0.678. The molecule has 0 atom stereocenters. The molecule has 0 unspecified atom stereocenters. The topological polar surface area (TPSA) is 119 Å². The van der Waals surface area contributed by atoms with E-state index in [1.54, 1.807) is 25.1 Å². The van der Waals surface area contributed by atoms with E-state index in [1.807, 2.05) is 6.07 Å². The Kier molecular flexibility index (Phi) is 5.18. The molecule has 2 heterocycles. The normalized spacial score (nSPS) is 10.7. The first kappa shape index (κ1) is 18.3. The Bertz CT molecular complexity index is 1170. The molecular weight excluding hydrogens is 396 g/mol. The van der Waals surface area contributed by atoms with E-state index >= 15 is 0 Å². The van der Waals surface area contributed by atoms with Gasteiger partial charge in [0.25, 0.3) is 5.56 Å². The van der Waals surface area contributed by atoms with Crippen LogP contribution in [0.4, 0.5) is 5.69 Å². The molecule has 0 fully saturated rings. The van der Waals surface area contributed by atoms with E-state index in [0.717, 1.165) is 28.7 Å². The molecule has 0 bridgehead atoms. The number of thiophene rings is 1. The molecule has 0 saturated heterocycles. The number of nitrogens with zero attached hydrogens (tertiary/aromatic N) is 1. The lowest BCUT2D eigenvalue weighted by atomic mass is 10.2. The van der Waals surface area contributed by atoms with E-state index < -0.39 is 11.2 Å². The fraction of sp³-hybridized carbons (Fsp3) is 0.125. The Morgan fingerprint density at radius 3 is 2.88 bits per heavy atom. The maximum atomic E-state index is 12.2. The lowest BCUT2D eigenvalue weighted by molar-refractivity contribution is -0.113. The minimum absolute atomic E-state index is 0.0373. The Morgan fingerprint density at radius 2 is 2.15 bits per heavy atom. The van der Waals surface area contributed by atoms with Crippen LogP contribution in [0.3, 0.4) is 0 Å². The van der Waals surface area contributed by atoms with Crippen molar-refractivity contribution in [3.8, 4) is 6.07 Å². The molecular formula is C16H11ClN4O3S2. The number of rotatable bonds is 4. The van der Waals surface area contributed by atoms with Crippen molar-refractivity contribution < 1.29 is 4.79 Å². The molecule has 7 nitrogen and oxygen atoms in total. The molecule has 0 aliphatic carbocycles. The molecule has 26 heavy (non-hydrogen) atoms. The maximum absolute atomic E-state index is 12.2. The van der Waals surface area contributed by atoms with Crippen molar-refractivity contribution in [3.63, 3.8) is 0 Å². The largest absolute Gasteiger partial charge is 0.326 e. The third-order valence-corrected chi connectivity index (χ3v) is 6.40. The first-order chi connectivity index (χ1) is 12.4. The van der Waals surface area contributed by atoms with Crippen LogP contribution in [0.25, 0.3) is 10.2 Å². The lowest BCUT2D eigenvalue weighted by Crippen LogP contribution is -2.20. The summed E-state index contributed by atoms with van der Waals surface area (Å²) in [5.74, 6) is -0.237. The Morgan fingerprint density at radius 1 is 1.38 bits per heavy atom. The molecule has 0 aliphatic heterocycles. The van der Waals surface area contributed by atoms with Gasteiger partial charge < -0.3 is 10.3 Å². The van der Waals surface area contributed by atoms with Crippen LogP contribution in [0.5, 0.6) is 0 Å². The second-order valence-electron chi connectivity index (χ2n) is 5.24. The number of carbonyl (C=O) groups is 1. The number of hydrogen-bond donors (Lipinski definition) is 3. The van der Waals surface area contributed by atoms with E-state index in [4.69, 9.17) is 11.6 Å². The van der Waals surface area contributed by atoms with E-state index in [9.17, 15) is 19.6 Å². The standard InChI is InChI=1S/C16H11ClN4O3S2/c1-7-9(17)3-2-4-10(7)19-11(22)6-25-15-8(5-18)12-13(26-15)14(23)21-16(24)20-12/h2-4H,6H2,1H3,(H,19,22)(H2,20,21,23,24). The number of nitriles is 1. The molecule has 1 amide bonds. The first-order valence-corrected chi connectivity index (χ1v) is 9.45. The predicted octanol–water partition coefficient (Wildman–Crippen LogP) is 2.84. The Labute approximate surface area is 160 Å². The van der Waals surface area contributed by atoms with Crippen molar-refractivity contribution in [2.24, 2.45) is 0 Å². The van der Waals surface area contributed by atoms with E-state index in [0.29, 0.717) is 14.9 Å². The number of aromatic amines is 2. The van der Waals surface area contributed by atoms with Crippen molar-refractivity contribution >= 4 is 56.5 Å². The summed E-state index contributed by atoms with van der Waals surface area (Å²) in [4.78, 5) is 40.1. The number of anilines is 1. The SMILES string of the molecule is Cc1c(Cl)cccc1NC(=O)CSc1sc2c(=O)[nH]c(=O)[nH]c2c1C#N. The summed E-state index contributed by atoms with van der Waals surface area (Å²) >= 11 is 8.22. The average molecular weight is 407 g/mol. The molecule has 3 N–H and O–H groups in total. The van der Waals surface area contributed by atoms with Gasteiger partial charge in [-0.1, -0.05) is 17.7 Å². The van der Waals surface area contributed by atoms with Gasteiger partial charge >= 0.3 is 5.69 Å². The van der Waals surface area contributed by atoms with Gasteiger partial charge in [-0.2, -0.15) is 5.26 Å². The smallest absolute Gasteiger partial charge is 0.325 e. The quantitative estimate of drug-likeness (QED) is 0.575. The van der Waals surface area contributed by atoms with Crippen molar-refractivity contribution in [2.45, 2.75) is 11.1 Å². The summed E-state index contributed by atoms with van der Waals surface area (Å²) in [5, 5.41) is 12.7. The Balaban J connectivity index is 1.82. The summed E-state index contributed by atoms with van der Waals surface area (Å²) in [6.07, 6.45) is 0. The van der Waals surface area contributed by atoms with Crippen LogP contribution in [-0.2, 0) is 4.79 Å². The fourth-order valence-corrected chi connectivity index (χ4v) is 4.56. The summed E-state index contributed by atoms with van der Waals surface area (Å²) in [7, 11) is 0. The van der Waals surface area contributed by atoms with Crippen LogP contribution >= 0.6 is 34.7 Å². The summed E-state index contributed by atoms with van der Waals surface area (Å²) < 4.78 is 0.738. The van der Waals surface area contributed by atoms with Gasteiger partial charge in [-0.3, -0.25) is 14.6 Å². The first-order valence-electron chi connectivity index (χ1n) is 7.27. The molecule has 2 aromatic heterocycles. The van der Waals surface area contributed by atoms with Crippen molar-refractivity contribution in [3.05, 3.63) is 55.2 Å². The summed E-state index contributed by atoms with van der Waals surface area (Å²) in [6.45, 7) is 1.80. The second kappa shape index (κ2) is 7.37. The van der Waals surface area contributed by atoms with Gasteiger partial charge in [-0.15, -0.1) is 23.1 Å². The van der Waals surface area contributed by atoms with Crippen molar-refractivity contribution in [2.75, 3.05) is 11.1 Å². The molecule has 3 rings (SSSR count). The van der Waals surface area contributed by atoms with Crippen LogP contribution in [0.1, 0.15) is 11.1 Å². The zero-order valence-corrected chi connectivity index (χ0v) is 15.7. The highest BCUT2D eigenvalue weighted by Crippen LogP contribution is 2.34. The average Bonchev–Trinajstić information content (AvgIpc) is 2.95. The molecule has 0 aliphatic rings. The molecule has 0 spiro atoms. The third-order valence-electron chi connectivity index (χ3n) is 3.54. The highest BCUT2D eigenvalue weighted by Gasteiger charge is 2.17. The number of benzene rings is 1. The molecule has 3 aromatic rings. The molecule has 1 aromatic carbocycles. The molecule has 10 heteroatoms. The highest BCUT2D eigenvalue weighted by atomic mass is 35.5. The summed E-state index contributed by atoms with van der Waals surface area (Å²) in [6, 6.07) is 7.19. The van der Waals surface area contributed by atoms with E-state index in [2.05, 4.69) is 15.3 Å². The fourth-order valence-electron chi connectivity index (χ4n) is 2.26. The van der Waals surface area contributed by atoms with E-state index in [-0.39, 0.29) is 27.4 Å². The van der Waals surface area contributed by atoms with Crippen molar-refractivity contribution in [1.82, 2.24) is 9.97 Å². The molecule has 132 valence electrons. The van der Waals surface area contributed by atoms with Crippen LogP contribution in [0.2, 0.25) is 5.02 Å². The van der Waals surface area contributed by atoms with Gasteiger partial charge in [0.05, 0.1) is 15.5 Å². The van der Waals surface area contributed by atoms with Gasteiger partial charge in [-0.25, -0.2) is 4.79 Å².